The van der Waals surface area contributed by atoms with Gasteiger partial charge in [0.15, 0.2) is 15.4 Å². The average Bonchev–Trinajstić information content (AvgIpc) is 3.05. The summed E-state index contributed by atoms with van der Waals surface area (Å²) >= 11 is 0. The van der Waals surface area contributed by atoms with Gasteiger partial charge >= 0.3 is 0 Å². The third-order valence-corrected chi connectivity index (χ3v) is 6.72. The van der Waals surface area contributed by atoms with E-state index in [-0.39, 0.29) is 28.6 Å². The second-order valence-electron chi connectivity index (χ2n) is 6.57. The molecule has 7 heteroatoms. The van der Waals surface area contributed by atoms with Gasteiger partial charge in [0, 0.05) is 6.42 Å². The fourth-order valence-corrected chi connectivity index (χ4v) is 4.45. The quantitative estimate of drug-likeness (QED) is 0.656. The maximum absolute atomic E-state index is 12.3. The molecule has 1 heterocycles. The fourth-order valence-electron chi connectivity index (χ4n) is 3.53. The van der Waals surface area contributed by atoms with E-state index >= 15 is 0 Å². The van der Waals surface area contributed by atoms with Crippen LogP contribution in [0, 0.1) is 0 Å². The molecule has 1 aliphatic carbocycles. The molecule has 0 bridgehead atoms. The Morgan fingerprint density at radius 3 is 2.73 bits per heavy atom. The Bertz CT molecular complexity index is 1160. The second-order valence-corrected chi connectivity index (χ2v) is 8.84. The minimum Gasteiger partial charge on any atom is -0.356 e. The Kier molecular flexibility index (Phi) is 3.91. The number of ketones is 2. The highest BCUT2D eigenvalue weighted by Gasteiger charge is 2.32. The highest BCUT2D eigenvalue weighted by molar-refractivity contribution is 7.91. The number of hydrogen-bond donors (Lipinski definition) is 0. The van der Waals surface area contributed by atoms with E-state index in [4.69, 9.17) is 4.52 Å². The Morgan fingerprint density at radius 1 is 1.19 bits per heavy atom. The van der Waals surface area contributed by atoms with E-state index < -0.39 is 15.8 Å². The van der Waals surface area contributed by atoms with Gasteiger partial charge in [0.25, 0.3) is 0 Å². The molecule has 0 spiro atoms. The van der Waals surface area contributed by atoms with E-state index in [0.717, 1.165) is 16.2 Å². The molecule has 0 amide bonds. The zero-order valence-electron chi connectivity index (χ0n) is 14.2. The lowest BCUT2D eigenvalue weighted by Crippen LogP contribution is -2.23. The minimum atomic E-state index is -3.31. The number of aromatic nitrogens is 1. The lowest BCUT2D eigenvalue weighted by atomic mass is 9.83. The largest absolute Gasteiger partial charge is 0.356 e. The van der Waals surface area contributed by atoms with Gasteiger partial charge in [0.1, 0.15) is 17.3 Å². The molecule has 1 saturated carbocycles. The molecule has 4 rings (SSSR count). The maximum atomic E-state index is 12.3. The summed E-state index contributed by atoms with van der Waals surface area (Å²) in [7, 11) is -3.31. The lowest BCUT2D eigenvalue weighted by molar-refractivity contribution is -0.130. The maximum Gasteiger partial charge on any atom is 0.178 e. The molecule has 3 aromatic rings. The number of rotatable bonds is 3. The predicted octanol–water partition coefficient (Wildman–Crippen LogP) is 3.18. The van der Waals surface area contributed by atoms with E-state index in [1.807, 2.05) is 0 Å². The van der Waals surface area contributed by atoms with Gasteiger partial charge in [-0.3, -0.25) is 9.59 Å². The van der Waals surface area contributed by atoms with Crippen LogP contribution in [0.3, 0.4) is 0 Å². The number of sulfone groups is 1. The van der Waals surface area contributed by atoms with Crippen LogP contribution in [-0.2, 0) is 19.4 Å². The van der Waals surface area contributed by atoms with Gasteiger partial charge in [-0.2, -0.15) is 0 Å². The molecule has 6 nitrogen and oxygen atoms in total. The Balaban J connectivity index is 1.91. The van der Waals surface area contributed by atoms with Crippen molar-refractivity contribution >= 4 is 43.1 Å². The lowest BCUT2D eigenvalue weighted by Gasteiger charge is -2.18. The number of Topliss-reactive ketones (excluding diaryl/α,β-unsaturated/α-hetero) is 2. The van der Waals surface area contributed by atoms with E-state index in [2.05, 4.69) is 5.16 Å². The Labute approximate surface area is 150 Å². The molecule has 1 aromatic heterocycles. The summed E-state index contributed by atoms with van der Waals surface area (Å²) in [6.45, 7) is 1.61. The standard InChI is InChI=1S/C19H17NO5S/c1-2-26(23,24)13-5-7-14-11(9-13)3-8-17-18(14)19(20-25-17)15-6-4-12(21)10-16(15)22/h3,5,7-9,15H,2,4,6,10H2,1H3. The molecule has 2 aromatic carbocycles. The number of carbonyl (C=O) groups is 2. The fraction of sp³-hybridized carbons (Fsp3) is 0.316. The molecule has 0 aliphatic heterocycles. The van der Waals surface area contributed by atoms with Crippen molar-refractivity contribution in [1.82, 2.24) is 5.16 Å². The summed E-state index contributed by atoms with van der Waals surface area (Å²) in [4.78, 5) is 24.1. The molecule has 1 aliphatic rings. The van der Waals surface area contributed by atoms with Crippen molar-refractivity contribution in [2.45, 2.75) is 37.0 Å². The van der Waals surface area contributed by atoms with Gasteiger partial charge in [-0.15, -0.1) is 0 Å². The molecule has 0 N–H and O–H groups in total. The Hall–Kier alpha value is -2.54. The monoisotopic (exact) mass is 371 g/mol. The molecule has 0 radical (unpaired) electrons. The first kappa shape index (κ1) is 16.9. The first-order valence-corrected chi connectivity index (χ1v) is 10.1. The number of fused-ring (bicyclic) bond motifs is 3. The van der Waals surface area contributed by atoms with Crippen molar-refractivity contribution in [3.63, 3.8) is 0 Å². The molecular weight excluding hydrogens is 354 g/mol. The third-order valence-electron chi connectivity index (χ3n) is 4.99. The zero-order chi connectivity index (χ0) is 18.5. The van der Waals surface area contributed by atoms with Crippen LogP contribution < -0.4 is 0 Å². The van der Waals surface area contributed by atoms with Crippen LogP contribution in [0.5, 0.6) is 0 Å². The van der Waals surface area contributed by atoms with E-state index in [1.165, 1.54) is 0 Å². The summed E-state index contributed by atoms with van der Waals surface area (Å²) in [5.74, 6) is -0.611. The SMILES string of the molecule is CCS(=O)(=O)c1ccc2c(ccc3onc(C4CCC(=O)CC4=O)c32)c1. The molecule has 1 atom stereocenters. The van der Waals surface area contributed by atoms with Crippen molar-refractivity contribution in [1.29, 1.82) is 0 Å². The number of nitrogens with zero attached hydrogens (tertiary/aromatic N) is 1. The predicted molar refractivity (Wildman–Crippen MR) is 95.8 cm³/mol. The molecule has 0 saturated heterocycles. The first-order chi connectivity index (χ1) is 12.4. The van der Waals surface area contributed by atoms with E-state index in [9.17, 15) is 18.0 Å². The number of carbonyl (C=O) groups excluding carboxylic acids is 2. The van der Waals surface area contributed by atoms with E-state index in [0.29, 0.717) is 24.1 Å². The summed E-state index contributed by atoms with van der Waals surface area (Å²) in [5, 5.41) is 6.36. The second kappa shape index (κ2) is 6.02. The summed E-state index contributed by atoms with van der Waals surface area (Å²) in [5.41, 5.74) is 1.08. The van der Waals surface area contributed by atoms with Gasteiger partial charge in [-0.25, -0.2) is 8.42 Å². The van der Waals surface area contributed by atoms with Crippen LogP contribution in [0.1, 0.15) is 37.8 Å². The highest BCUT2D eigenvalue weighted by Crippen LogP contribution is 2.37. The van der Waals surface area contributed by atoms with Crippen molar-refractivity contribution in [2.24, 2.45) is 0 Å². The summed E-state index contributed by atoms with van der Waals surface area (Å²) in [6.07, 6.45) is 0.717. The minimum absolute atomic E-state index is 0.0316. The molecule has 26 heavy (non-hydrogen) atoms. The smallest absolute Gasteiger partial charge is 0.178 e. The van der Waals surface area contributed by atoms with Crippen molar-refractivity contribution in [3.05, 3.63) is 36.0 Å². The zero-order valence-corrected chi connectivity index (χ0v) is 15.0. The van der Waals surface area contributed by atoms with E-state index in [1.54, 1.807) is 37.3 Å². The van der Waals surface area contributed by atoms with Gasteiger partial charge in [-0.1, -0.05) is 24.2 Å². The van der Waals surface area contributed by atoms with Crippen LogP contribution in [0.25, 0.3) is 21.7 Å². The molecule has 1 unspecified atom stereocenters. The van der Waals surface area contributed by atoms with Crippen molar-refractivity contribution in [3.8, 4) is 0 Å². The molecule has 134 valence electrons. The Morgan fingerprint density at radius 2 is 2.00 bits per heavy atom. The number of benzene rings is 2. The van der Waals surface area contributed by atoms with Gasteiger partial charge in [0.05, 0.1) is 28.4 Å². The summed E-state index contributed by atoms with van der Waals surface area (Å²) in [6, 6.07) is 8.46. The van der Waals surface area contributed by atoms with Gasteiger partial charge < -0.3 is 4.52 Å². The third kappa shape index (κ3) is 2.63. The first-order valence-electron chi connectivity index (χ1n) is 8.50. The van der Waals surface area contributed by atoms with Gasteiger partial charge in [0.2, 0.25) is 0 Å². The highest BCUT2D eigenvalue weighted by atomic mass is 32.2. The molecule has 1 fully saturated rings. The van der Waals surface area contributed by atoms with Gasteiger partial charge in [-0.05, 0) is 35.4 Å². The van der Waals surface area contributed by atoms with Crippen LogP contribution in [0.15, 0.2) is 39.8 Å². The molecular formula is C19H17NO5S. The average molecular weight is 371 g/mol. The summed E-state index contributed by atoms with van der Waals surface area (Å²) < 4.78 is 29.7. The number of hydrogen-bond acceptors (Lipinski definition) is 6. The normalized spacial score (nSPS) is 18.7. The van der Waals surface area contributed by atoms with Crippen molar-refractivity contribution in [2.75, 3.05) is 5.75 Å². The van der Waals surface area contributed by atoms with Crippen molar-refractivity contribution < 1.29 is 22.5 Å². The van der Waals surface area contributed by atoms with Crippen LogP contribution in [-0.4, -0.2) is 30.9 Å². The topological polar surface area (TPSA) is 94.3 Å². The van der Waals surface area contributed by atoms with Crippen LogP contribution >= 0.6 is 0 Å². The van der Waals surface area contributed by atoms with Crippen LogP contribution in [0.2, 0.25) is 0 Å². The van der Waals surface area contributed by atoms with Crippen LogP contribution in [0.4, 0.5) is 0 Å².